The molecule has 2 rings (SSSR count). The average molecular weight is 317 g/mol. The van der Waals surface area contributed by atoms with Crippen LogP contribution in [0.2, 0.25) is 0 Å². The van der Waals surface area contributed by atoms with Gasteiger partial charge >= 0.3 is 6.03 Å². The molecule has 0 bridgehead atoms. The van der Waals surface area contributed by atoms with Gasteiger partial charge in [-0.3, -0.25) is 4.98 Å². The second-order valence-corrected chi connectivity index (χ2v) is 5.08. The molecule has 0 atom stereocenters. The Morgan fingerprint density at radius 2 is 2.13 bits per heavy atom. The van der Waals surface area contributed by atoms with Crippen LogP contribution in [0.1, 0.15) is 23.7 Å². The van der Waals surface area contributed by atoms with Gasteiger partial charge in [0.2, 0.25) is 0 Å². The van der Waals surface area contributed by atoms with E-state index in [0.717, 1.165) is 6.42 Å². The molecule has 122 valence electrons. The quantitative estimate of drug-likeness (QED) is 0.888. The van der Waals surface area contributed by atoms with Gasteiger partial charge in [-0.1, -0.05) is 13.0 Å². The SMILES string of the molecule is CCc1cc(NC(=O)NCc2nccc(OC)c2F)ccc1C. The smallest absolute Gasteiger partial charge is 0.319 e. The lowest BCUT2D eigenvalue weighted by Crippen LogP contribution is -2.29. The van der Waals surface area contributed by atoms with Crippen molar-refractivity contribution < 1.29 is 13.9 Å². The van der Waals surface area contributed by atoms with E-state index in [1.54, 1.807) is 0 Å². The number of rotatable bonds is 5. The Morgan fingerprint density at radius 1 is 1.35 bits per heavy atom. The van der Waals surface area contributed by atoms with Gasteiger partial charge in [0.1, 0.15) is 0 Å². The highest BCUT2D eigenvalue weighted by Crippen LogP contribution is 2.18. The highest BCUT2D eigenvalue weighted by atomic mass is 19.1. The van der Waals surface area contributed by atoms with Crippen molar-refractivity contribution in [2.75, 3.05) is 12.4 Å². The minimum absolute atomic E-state index is 0.0264. The lowest BCUT2D eigenvalue weighted by atomic mass is 10.1. The first kappa shape index (κ1) is 16.7. The van der Waals surface area contributed by atoms with Gasteiger partial charge in [-0.2, -0.15) is 0 Å². The lowest BCUT2D eigenvalue weighted by Gasteiger charge is -2.11. The number of amides is 2. The van der Waals surface area contributed by atoms with Gasteiger partial charge in [-0.05, 0) is 36.6 Å². The second kappa shape index (κ2) is 7.58. The molecule has 0 radical (unpaired) electrons. The maximum atomic E-state index is 13.9. The normalized spacial score (nSPS) is 10.3. The Hall–Kier alpha value is -2.63. The molecular weight excluding hydrogens is 297 g/mol. The number of aromatic nitrogens is 1. The Balaban J connectivity index is 1.98. The number of hydrogen-bond acceptors (Lipinski definition) is 3. The maximum Gasteiger partial charge on any atom is 0.319 e. The maximum absolute atomic E-state index is 13.9. The van der Waals surface area contributed by atoms with E-state index in [0.29, 0.717) is 5.69 Å². The molecule has 0 fully saturated rings. The summed E-state index contributed by atoms with van der Waals surface area (Å²) in [5, 5.41) is 5.31. The number of pyridine rings is 1. The van der Waals surface area contributed by atoms with Crippen molar-refractivity contribution >= 4 is 11.7 Å². The van der Waals surface area contributed by atoms with Crippen molar-refractivity contribution in [1.29, 1.82) is 0 Å². The number of methoxy groups -OCH3 is 1. The Labute approximate surface area is 134 Å². The predicted octanol–water partition coefficient (Wildman–Crippen LogP) is 3.42. The average Bonchev–Trinajstić information content (AvgIpc) is 2.55. The fourth-order valence-electron chi connectivity index (χ4n) is 2.22. The van der Waals surface area contributed by atoms with E-state index >= 15 is 0 Å². The summed E-state index contributed by atoms with van der Waals surface area (Å²) in [6, 6.07) is 6.73. The number of nitrogens with zero attached hydrogens (tertiary/aromatic N) is 1. The fraction of sp³-hybridized carbons (Fsp3) is 0.294. The van der Waals surface area contributed by atoms with E-state index in [1.165, 1.54) is 30.5 Å². The number of nitrogens with one attached hydrogen (secondary N) is 2. The van der Waals surface area contributed by atoms with Gasteiger partial charge in [0.25, 0.3) is 0 Å². The van der Waals surface area contributed by atoms with Crippen LogP contribution in [0.25, 0.3) is 0 Å². The predicted molar refractivity (Wildman–Crippen MR) is 87.2 cm³/mol. The van der Waals surface area contributed by atoms with Crippen LogP contribution >= 0.6 is 0 Å². The summed E-state index contributed by atoms with van der Waals surface area (Å²) in [5.41, 5.74) is 3.17. The number of urea groups is 1. The van der Waals surface area contributed by atoms with E-state index in [-0.39, 0.29) is 18.0 Å². The second-order valence-electron chi connectivity index (χ2n) is 5.08. The molecule has 0 saturated heterocycles. The molecule has 0 aliphatic carbocycles. The zero-order chi connectivity index (χ0) is 16.8. The number of hydrogen-bond donors (Lipinski definition) is 2. The Bertz CT molecular complexity index is 704. The summed E-state index contributed by atoms with van der Waals surface area (Å²) in [7, 11) is 1.38. The first-order chi connectivity index (χ1) is 11.0. The zero-order valence-electron chi connectivity index (χ0n) is 13.4. The van der Waals surface area contributed by atoms with Crippen LogP contribution in [0.15, 0.2) is 30.5 Å². The van der Waals surface area contributed by atoms with Crippen LogP contribution in [-0.4, -0.2) is 18.1 Å². The van der Waals surface area contributed by atoms with Gasteiger partial charge < -0.3 is 15.4 Å². The van der Waals surface area contributed by atoms with Gasteiger partial charge in [0.05, 0.1) is 19.3 Å². The van der Waals surface area contributed by atoms with Crippen LogP contribution in [0, 0.1) is 12.7 Å². The van der Waals surface area contributed by atoms with E-state index in [4.69, 9.17) is 4.74 Å². The van der Waals surface area contributed by atoms with E-state index < -0.39 is 11.8 Å². The highest BCUT2D eigenvalue weighted by molar-refractivity contribution is 5.89. The van der Waals surface area contributed by atoms with Gasteiger partial charge in [-0.25, -0.2) is 9.18 Å². The molecule has 5 nitrogen and oxygen atoms in total. The largest absolute Gasteiger partial charge is 0.494 e. The third-order valence-electron chi connectivity index (χ3n) is 3.55. The summed E-state index contributed by atoms with van der Waals surface area (Å²) in [6.45, 7) is 4.06. The molecule has 2 N–H and O–H groups in total. The molecular formula is C17H20FN3O2. The molecule has 23 heavy (non-hydrogen) atoms. The number of halogens is 1. The summed E-state index contributed by atoms with van der Waals surface area (Å²) >= 11 is 0. The summed E-state index contributed by atoms with van der Waals surface area (Å²) in [6.07, 6.45) is 2.33. The first-order valence-electron chi connectivity index (χ1n) is 7.37. The van der Waals surface area contributed by atoms with Crippen LogP contribution in [-0.2, 0) is 13.0 Å². The van der Waals surface area contributed by atoms with Crippen molar-refractivity contribution in [1.82, 2.24) is 10.3 Å². The molecule has 2 amide bonds. The molecule has 6 heteroatoms. The molecule has 1 aromatic heterocycles. The molecule has 0 unspecified atom stereocenters. The number of ether oxygens (including phenoxy) is 1. The third-order valence-corrected chi connectivity index (χ3v) is 3.55. The van der Waals surface area contributed by atoms with E-state index in [1.807, 2.05) is 25.1 Å². The van der Waals surface area contributed by atoms with Crippen LogP contribution < -0.4 is 15.4 Å². The minimum Gasteiger partial charge on any atom is -0.494 e. The van der Waals surface area contributed by atoms with E-state index in [9.17, 15) is 9.18 Å². The van der Waals surface area contributed by atoms with Crippen LogP contribution in [0.4, 0.5) is 14.9 Å². The molecule has 0 saturated carbocycles. The molecule has 0 spiro atoms. The number of carbonyl (C=O) groups excluding carboxylic acids is 1. The fourth-order valence-corrected chi connectivity index (χ4v) is 2.22. The lowest BCUT2D eigenvalue weighted by molar-refractivity contribution is 0.251. The number of carbonyl (C=O) groups is 1. The summed E-state index contributed by atoms with van der Waals surface area (Å²) < 4.78 is 18.8. The number of benzene rings is 1. The zero-order valence-corrected chi connectivity index (χ0v) is 13.4. The van der Waals surface area contributed by atoms with Crippen molar-refractivity contribution in [2.45, 2.75) is 26.8 Å². The molecule has 1 aromatic carbocycles. The Morgan fingerprint density at radius 3 is 2.83 bits per heavy atom. The van der Waals surface area contributed by atoms with Gasteiger partial charge in [0.15, 0.2) is 11.6 Å². The van der Waals surface area contributed by atoms with Crippen molar-refractivity contribution in [3.63, 3.8) is 0 Å². The molecule has 0 aliphatic rings. The molecule has 2 aromatic rings. The third kappa shape index (κ3) is 4.18. The monoisotopic (exact) mass is 317 g/mol. The number of anilines is 1. The van der Waals surface area contributed by atoms with Crippen LogP contribution in [0.5, 0.6) is 5.75 Å². The van der Waals surface area contributed by atoms with Crippen molar-refractivity contribution in [2.24, 2.45) is 0 Å². The molecule has 1 heterocycles. The Kier molecular flexibility index (Phi) is 5.51. The molecule has 0 aliphatic heterocycles. The van der Waals surface area contributed by atoms with Gasteiger partial charge in [-0.15, -0.1) is 0 Å². The van der Waals surface area contributed by atoms with E-state index in [2.05, 4.69) is 22.5 Å². The standard InChI is InChI=1S/C17H20FN3O2/c1-4-12-9-13(6-5-11(12)2)21-17(22)20-10-14-16(18)15(23-3)7-8-19-14/h5-9H,4,10H2,1-3H3,(H2,20,21,22). The van der Waals surface area contributed by atoms with Crippen molar-refractivity contribution in [3.8, 4) is 5.75 Å². The van der Waals surface area contributed by atoms with Crippen LogP contribution in [0.3, 0.4) is 0 Å². The summed E-state index contributed by atoms with van der Waals surface area (Å²) in [4.78, 5) is 15.8. The van der Waals surface area contributed by atoms with Crippen molar-refractivity contribution in [3.05, 3.63) is 53.1 Å². The topological polar surface area (TPSA) is 63.2 Å². The van der Waals surface area contributed by atoms with Gasteiger partial charge in [0, 0.05) is 18.0 Å². The highest BCUT2D eigenvalue weighted by Gasteiger charge is 2.11. The minimum atomic E-state index is -0.570. The number of aryl methyl sites for hydroxylation is 2. The summed E-state index contributed by atoms with van der Waals surface area (Å²) in [5.74, 6) is -0.470. The first-order valence-corrected chi connectivity index (χ1v) is 7.37.